The average molecular weight is 321 g/mol. The molecule has 0 aromatic carbocycles. The zero-order valence-electron chi connectivity index (χ0n) is 14.2. The van der Waals surface area contributed by atoms with Crippen molar-refractivity contribution in [3.8, 4) is 0 Å². The number of β-amino-alcohol motifs (C(OH)–C–C–N with tert-alkyl or cyclic N) is 1. The van der Waals surface area contributed by atoms with Crippen molar-refractivity contribution in [3.63, 3.8) is 0 Å². The highest BCUT2D eigenvalue weighted by atomic mass is 16.3. The molecule has 2 aromatic heterocycles. The van der Waals surface area contributed by atoms with Crippen molar-refractivity contribution in [2.75, 3.05) is 18.0 Å². The Hall–Kier alpha value is -2.09. The Kier molecular flexibility index (Phi) is 3.40. The summed E-state index contributed by atoms with van der Waals surface area (Å²) >= 11 is 0. The lowest BCUT2D eigenvalue weighted by atomic mass is 9.90. The molecule has 1 saturated heterocycles. The summed E-state index contributed by atoms with van der Waals surface area (Å²) in [5.41, 5.74) is -0.746. The molecule has 3 heterocycles. The van der Waals surface area contributed by atoms with Crippen molar-refractivity contribution in [3.05, 3.63) is 20.8 Å². The predicted molar refractivity (Wildman–Crippen MR) is 87.8 cm³/mol. The number of hydrogen-bond acceptors (Lipinski definition) is 5. The summed E-state index contributed by atoms with van der Waals surface area (Å²) in [6.45, 7) is 5.13. The third-order valence-electron chi connectivity index (χ3n) is 5.09. The normalized spacial score (nSPS) is 21.8. The maximum absolute atomic E-state index is 12.4. The van der Waals surface area contributed by atoms with Crippen LogP contribution in [0.15, 0.2) is 9.59 Å². The summed E-state index contributed by atoms with van der Waals surface area (Å²) < 4.78 is 4.18. The maximum Gasteiger partial charge on any atom is 0.332 e. The third kappa shape index (κ3) is 2.12. The van der Waals surface area contributed by atoms with Crippen molar-refractivity contribution in [1.82, 2.24) is 18.7 Å². The van der Waals surface area contributed by atoms with E-state index in [2.05, 4.69) is 4.98 Å². The summed E-state index contributed by atoms with van der Waals surface area (Å²) in [5, 5.41) is 10.7. The van der Waals surface area contributed by atoms with E-state index < -0.39 is 11.3 Å². The smallest absolute Gasteiger partial charge is 0.332 e. The Morgan fingerprint density at radius 1 is 1.13 bits per heavy atom. The van der Waals surface area contributed by atoms with Crippen LogP contribution in [0.25, 0.3) is 11.2 Å². The van der Waals surface area contributed by atoms with Crippen LogP contribution >= 0.6 is 0 Å². The first kappa shape index (κ1) is 15.8. The van der Waals surface area contributed by atoms with Crippen molar-refractivity contribution < 1.29 is 5.11 Å². The van der Waals surface area contributed by atoms with Crippen LogP contribution in [0.2, 0.25) is 0 Å². The van der Waals surface area contributed by atoms with Crippen LogP contribution in [0.3, 0.4) is 0 Å². The van der Waals surface area contributed by atoms with Gasteiger partial charge >= 0.3 is 5.69 Å². The van der Waals surface area contributed by atoms with Gasteiger partial charge in [0.2, 0.25) is 5.95 Å². The van der Waals surface area contributed by atoms with E-state index in [0.717, 1.165) is 4.57 Å². The molecule has 126 valence electrons. The summed E-state index contributed by atoms with van der Waals surface area (Å²) in [5.74, 6) is 0.745. The van der Waals surface area contributed by atoms with Crippen LogP contribution in [0.5, 0.6) is 0 Å². The van der Waals surface area contributed by atoms with Crippen molar-refractivity contribution >= 4 is 17.1 Å². The van der Waals surface area contributed by atoms with Gasteiger partial charge in [0, 0.05) is 34.2 Å². The number of aryl methyl sites for hydroxylation is 2. The molecule has 1 fully saturated rings. The highest BCUT2D eigenvalue weighted by Gasteiger charge is 2.40. The first-order valence-corrected chi connectivity index (χ1v) is 7.77. The van der Waals surface area contributed by atoms with Crippen molar-refractivity contribution in [2.45, 2.75) is 25.9 Å². The van der Waals surface area contributed by atoms with Crippen LogP contribution in [-0.4, -0.2) is 42.5 Å². The van der Waals surface area contributed by atoms with E-state index >= 15 is 0 Å². The second-order valence-corrected chi connectivity index (χ2v) is 6.78. The van der Waals surface area contributed by atoms with Gasteiger partial charge in [0.1, 0.15) is 0 Å². The molecule has 1 N–H and O–H groups in total. The fourth-order valence-corrected chi connectivity index (χ4v) is 3.25. The van der Waals surface area contributed by atoms with Crippen molar-refractivity contribution in [1.29, 1.82) is 0 Å². The second-order valence-electron chi connectivity index (χ2n) is 6.78. The zero-order chi connectivity index (χ0) is 17.1. The molecule has 3 rings (SSSR count). The summed E-state index contributed by atoms with van der Waals surface area (Å²) in [4.78, 5) is 31.0. The minimum absolute atomic E-state index is 0.138. The van der Waals surface area contributed by atoms with Gasteiger partial charge in [0.15, 0.2) is 11.2 Å². The molecule has 2 aromatic rings. The lowest BCUT2D eigenvalue weighted by molar-refractivity contribution is 0.0167. The van der Waals surface area contributed by atoms with E-state index in [1.165, 1.54) is 11.6 Å². The standard InChI is InChI=1S/C15H23N5O3/c1-9(2)15(23)6-7-20(8-15)13-16-11-10(17(13)3)12(21)19(5)14(22)18(11)4/h9,23H,6-8H2,1-5H3. The average Bonchev–Trinajstić information content (AvgIpc) is 3.05. The van der Waals surface area contributed by atoms with Gasteiger partial charge in [0.25, 0.3) is 5.56 Å². The van der Waals surface area contributed by atoms with E-state index in [-0.39, 0.29) is 11.5 Å². The molecule has 1 aliphatic heterocycles. The lowest BCUT2D eigenvalue weighted by Gasteiger charge is -2.27. The third-order valence-corrected chi connectivity index (χ3v) is 5.09. The number of anilines is 1. The van der Waals surface area contributed by atoms with Crippen LogP contribution in [0, 0.1) is 5.92 Å². The van der Waals surface area contributed by atoms with Gasteiger partial charge < -0.3 is 14.6 Å². The van der Waals surface area contributed by atoms with E-state index in [9.17, 15) is 14.7 Å². The molecule has 8 nitrogen and oxygen atoms in total. The topological polar surface area (TPSA) is 85.3 Å². The number of rotatable bonds is 2. The Morgan fingerprint density at radius 2 is 1.78 bits per heavy atom. The monoisotopic (exact) mass is 321 g/mol. The fraction of sp³-hybridized carbons (Fsp3) is 0.667. The summed E-state index contributed by atoms with van der Waals surface area (Å²) in [6.07, 6.45) is 0.658. The predicted octanol–water partition coefficient (Wildman–Crippen LogP) is -0.432. The van der Waals surface area contributed by atoms with Crippen LogP contribution < -0.4 is 16.1 Å². The van der Waals surface area contributed by atoms with Gasteiger partial charge in [-0.15, -0.1) is 0 Å². The SMILES string of the molecule is CC(C)C1(O)CCN(c2nc3c(c(=O)n(C)c(=O)n3C)n2C)C1. The molecular weight excluding hydrogens is 298 g/mol. The number of aliphatic hydroxyl groups is 1. The molecule has 1 atom stereocenters. The Labute approximate surface area is 133 Å². The highest BCUT2D eigenvalue weighted by molar-refractivity contribution is 5.74. The van der Waals surface area contributed by atoms with Crippen LogP contribution in [0.4, 0.5) is 5.95 Å². The molecular formula is C15H23N5O3. The van der Waals surface area contributed by atoms with E-state index in [0.29, 0.717) is 36.6 Å². The molecule has 1 aliphatic rings. The summed E-state index contributed by atoms with van der Waals surface area (Å²) in [6, 6.07) is 0. The van der Waals surface area contributed by atoms with E-state index in [1.807, 2.05) is 18.7 Å². The minimum atomic E-state index is -0.755. The number of hydrogen-bond donors (Lipinski definition) is 1. The van der Waals surface area contributed by atoms with E-state index in [1.54, 1.807) is 18.7 Å². The molecule has 1 unspecified atom stereocenters. The Balaban J connectivity index is 2.17. The van der Waals surface area contributed by atoms with Crippen LogP contribution in [-0.2, 0) is 21.1 Å². The molecule has 0 amide bonds. The van der Waals surface area contributed by atoms with Gasteiger partial charge in [0.05, 0.1) is 5.60 Å². The van der Waals surface area contributed by atoms with Gasteiger partial charge in [-0.25, -0.2) is 4.79 Å². The molecule has 0 saturated carbocycles. The Morgan fingerprint density at radius 3 is 2.35 bits per heavy atom. The minimum Gasteiger partial charge on any atom is -0.388 e. The molecule has 0 bridgehead atoms. The highest BCUT2D eigenvalue weighted by Crippen LogP contribution is 2.32. The number of aromatic nitrogens is 4. The Bertz CT molecular complexity index is 891. The summed E-state index contributed by atoms with van der Waals surface area (Å²) in [7, 11) is 4.84. The van der Waals surface area contributed by atoms with E-state index in [4.69, 9.17) is 0 Å². The largest absolute Gasteiger partial charge is 0.388 e. The molecule has 0 radical (unpaired) electrons. The lowest BCUT2D eigenvalue weighted by Crippen LogP contribution is -2.38. The second kappa shape index (κ2) is 4.95. The zero-order valence-corrected chi connectivity index (χ0v) is 14.2. The maximum atomic E-state index is 12.4. The fourth-order valence-electron chi connectivity index (χ4n) is 3.25. The number of fused-ring (bicyclic) bond motifs is 1. The van der Waals surface area contributed by atoms with Gasteiger partial charge in [-0.05, 0) is 12.3 Å². The first-order chi connectivity index (χ1) is 10.7. The van der Waals surface area contributed by atoms with Crippen LogP contribution in [0.1, 0.15) is 20.3 Å². The number of imidazole rings is 1. The van der Waals surface area contributed by atoms with Crippen molar-refractivity contribution in [2.24, 2.45) is 27.1 Å². The van der Waals surface area contributed by atoms with Gasteiger partial charge in [-0.3, -0.25) is 13.9 Å². The molecule has 23 heavy (non-hydrogen) atoms. The van der Waals surface area contributed by atoms with Gasteiger partial charge in [-0.1, -0.05) is 13.8 Å². The quantitative estimate of drug-likeness (QED) is 0.811. The first-order valence-electron chi connectivity index (χ1n) is 7.77. The molecule has 0 spiro atoms. The van der Waals surface area contributed by atoms with Gasteiger partial charge in [-0.2, -0.15) is 4.98 Å². The molecule has 8 heteroatoms. The molecule has 0 aliphatic carbocycles. The number of nitrogens with zero attached hydrogens (tertiary/aromatic N) is 5.